The van der Waals surface area contributed by atoms with E-state index in [9.17, 15) is 13.6 Å². The zero-order valence-electron chi connectivity index (χ0n) is 12.0. The van der Waals surface area contributed by atoms with Gasteiger partial charge in [-0.2, -0.15) is 0 Å². The standard InChI is InChI=1S/C16H20F2N2O/c1-9-4-5-19-8-15(9)20-16(21)13-7-11(13)12-6-10(17)2-3-14(12)18/h2-3,6,9,11,13,15,19H,4-5,7-8H2,1H3,(H,20,21). The van der Waals surface area contributed by atoms with Crippen molar-refractivity contribution in [2.24, 2.45) is 11.8 Å². The van der Waals surface area contributed by atoms with Crippen LogP contribution in [0, 0.1) is 23.5 Å². The summed E-state index contributed by atoms with van der Waals surface area (Å²) in [6.45, 7) is 3.88. The summed E-state index contributed by atoms with van der Waals surface area (Å²) in [7, 11) is 0. The molecule has 0 aromatic heterocycles. The molecule has 0 radical (unpaired) electrons. The minimum atomic E-state index is -0.456. The van der Waals surface area contributed by atoms with E-state index in [4.69, 9.17) is 0 Å². The van der Waals surface area contributed by atoms with Gasteiger partial charge in [-0.1, -0.05) is 6.92 Å². The lowest BCUT2D eigenvalue weighted by molar-refractivity contribution is -0.123. The van der Waals surface area contributed by atoms with Crippen molar-refractivity contribution in [2.45, 2.75) is 31.7 Å². The predicted molar refractivity (Wildman–Crippen MR) is 75.8 cm³/mol. The van der Waals surface area contributed by atoms with Gasteiger partial charge >= 0.3 is 0 Å². The Morgan fingerprint density at radius 1 is 1.38 bits per heavy atom. The molecule has 5 heteroatoms. The second kappa shape index (κ2) is 5.72. The van der Waals surface area contributed by atoms with E-state index in [1.54, 1.807) is 0 Å². The third kappa shape index (κ3) is 3.07. The number of benzene rings is 1. The fourth-order valence-electron chi connectivity index (χ4n) is 3.10. The van der Waals surface area contributed by atoms with E-state index in [0.29, 0.717) is 17.9 Å². The van der Waals surface area contributed by atoms with Crippen LogP contribution in [0.5, 0.6) is 0 Å². The molecule has 1 heterocycles. The molecule has 1 saturated carbocycles. The molecule has 0 bridgehead atoms. The predicted octanol–water partition coefficient (Wildman–Crippen LogP) is 2.18. The number of halogens is 2. The van der Waals surface area contributed by atoms with Crippen LogP contribution in [0.4, 0.5) is 8.78 Å². The van der Waals surface area contributed by atoms with E-state index in [1.807, 2.05) is 0 Å². The molecule has 4 unspecified atom stereocenters. The lowest BCUT2D eigenvalue weighted by atomic mass is 9.94. The molecule has 1 aromatic carbocycles. The van der Waals surface area contributed by atoms with Gasteiger partial charge in [0.15, 0.2) is 0 Å². The Bertz CT molecular complexity index is 549. The number of carbonyl (C=O) groups is 1. The molecule has 1 aromatic rings. The number of hydrogen-bond acceptors (Lipinski definition) is 2. The molecule has 2 N–H and O–H groups in total. The Balaban J connectivity index is 1.62. The number of carbonyl (C=O) groups excluding carboxylic acids is 1. The van der Waals surface area contributed by atoms with Crippen LogP contribution in [0.1, 0.15) is 31.2 Å². The maximum Gasteiger partial charge on any atom is 0.224 e. The summed E-state index contributed by atoms with van der Waals surface area (Å²) in [5.41, 5.74) is 0.324. The van der Waals surface area contributed by atoms with Crippen molar-refractivity contribution in [3.05, 3.63) is 35.4 Å². The minimum absolute atomic E-state index is 0.0378. The average molecular weight is 294 g/mol. The second-order valence-corrected chi connectivity index (χ2v) is 6.20. The molecule has 1 aliphatic heterocycles. The van der Waals surface area contributed by atoms with Crippen molar-refractivity contribution >= 4 is 5.91 Å². The van der Waals surface area contributed by atoms with Crippen LogP contribution in [0.15, 0.2) is 18.2 Å². The monoisotopic (exact) mass is 294 g/mol. The van der Waals surface area contributed by atoms with Crippen LogP contribution in [0.25, 0.3) is 0 Å². The molecule has 0 spiro atoms. The lowest BCUT2D eigenvalue weighted by Gasteiger charge is -2.30. The van der Waals surface area contributed by atoms with Crippen molar-refractivity contribution in [2.75, 3.05) is 13.1 Å². The van der Waals surface area contributed by atoms with Crippen LogP contribution < -0.4 is 10.6 Å². The van der Waals surface area contributed by atoms with Gasteiger partial charge in [0.1, 0.15) is 11.6 Å². The SMILES string of the molecule is CC1CCNCC1NC(=O)C1CC1c1cc(F)ccc1F. The molecule has 1 aliphatic carbocycles. The highest BCUT2D eigenvalue weighted by Gasteiger charge is 2.46. The van der Waals surface area contributed by atoms with Crippen LogP contribution in [0.3, 0.4) is 0 Å². The first-order chi connectivity index (χ1) is 10.1. The van der Waals surface area contributed by atoms with E-state index in [-0.39, 0.29) is 23.8 Å². The molecule has 1 amide bonds. The van der Waals surface area contributed by atoms with E-state index in [2.05, 4.69) is 17.6 Å². The van der Waals surface area contributed by atoms with E-state index < -0.39 is 11.6 Å². The van der Waals surface area contributed by atoms with Gasteiger partial charge in [-0.15, -0.1) is 0 Å². The maximum absolute atomic E-state index is 13.7. The van der Waals surface area contributed by atoms with Gasteiger partial charge in [-0.25, -0.2) is 8.78 Å². The number of hydrogen-bond donors (Lipinski definition) is 2. The van der Waals surface area contributed by atoms with E-state index in [1.165, 1.54) is 6.07 Å². The summed E-state index contributed by atoms with van der Waals surface area (Å²) in [6.07, 6.45) is 1.64. The highest BCUT2D eigenvalue weighted by molar-refractivity contribution is 5.83. The van der Waals surface area contributed by atoms with Crippen LogP contribution >= 0.6 is 0 Å². The Morgan fingerprint density at radius 3 is 2.95 bits per heavy atom. The smallest absolute Gasteiger partial charge is 0.224 e. The summed E-state index contributed by atoms with van der Waals surface area (Å²) in [6, 6.07) is 3.57. The summed E-state index contributed by atoms with van der Waals surface area (Å²) in [5, 5.41) is 6.31. The summed E-state index contributed by atoms with van der Waals surface area (Å²) < 4.78 is 26.9. The van der Waals surface area contributed by atoms with Gasteiger partial charge in [0.2, 0.25) is 5.91 Å². The normalized spacial score (nSPS) is 31.8. The molecule has 1 saturated heterocycles. The largest absolute Gasteiger partial charge is 0.352 e. The summed E-state index contributed by atoms with van der Waals surface area (Å²) in [4.78, 5) is 12.2. The molecule has 3 rings (SSSR count). The average Bonchev–Trinajstić information content (AvgIpc) is 3.24. The second-order valence-electron chi connectivity index (χ2n) is 6.20. The molecule has 114 valence electrons. The minimum Gasteiger partial charge on any atom is -0.352 e. The van der Waals surface area contributed by atoms with Gasteiger partial charge in [-0.3, -0.25) is 4.79 Å². The molecule has 2 aliphatic rings. The van der Waals surface area contributed by atoms with Crippen LogP contribution in [-0.2, 0) is 4.79 Å². The van der Waals surface area contributed by atoms with Crippen LogP contribution in [-0.4, -0.2) is 25.0 Å². The lowest BCUT2D eigenvalue weighted by Crippen LogP contribution is -2.50. The molecule has 2 fully saturated rings. The molecule has 4 atom stereocenters. The fraction of sp³-hybridized carbons (Fsp3) is 0.562. The first-order valence-corrected chi connectivity index (χ1v) is 7.52. The highest BCUT2D eigenvalue weighted by Crippen LogP contribution is 2.48. The molecule has 3 nitrogen and oxygen atoms in total. The number of amides is 1. The zero-order chi connectivity index (χ0) is 15.0. The van der Waals surface area contributed by atoms with E-state index in [0.717, 1.165) is 31.6 Å². The zero-order valence-corrected chi connectivity index (χ0v) is 12.0. The summed E-state index contributed by atoms with van der Waals surface area (Å²) >= 11 is 0. The quantitative estimate of drug-likeness (QED) is 0.897. The van der Waals surface area contributed by atoms with Crippen molar-refractivity contribution in [3.63, 3.8) is 0 Å². The Morgan fingerprint density at radius 2 is 2.19 bits per heavy atom. The fourth-order valence-corrected chi connectivity index (χ4v) is 3.10. The topological polar surface area (TPSA) is 41.1 Å². The van der Waals surface area contributed by atoms with Gasteiger partial charge < -0.3 is 10.6 Å². The first-order valence-electron chi connectivity index (χ1n) is 7.52. The first kappa shape index (κ1) is 14.4. The number of piperidine rings is 1. The van der Waals surface area contributed by atoms with Crippen molar-refractivity contribution < 1.29 is 13.6 Å². The third-order valence-electron chi connectivity index (χ3n) is 4.64. The van der Waals surface area contributed by atoms with Gasteiger partial charge in [0.25, 0.3) is 0 Å². The molecule has 21 heavy (non-hydrogen) atoms. The Kier molecular flexibility index (Phi) is 3.93. The number of nitrogens with one attached hydrogen (secondary N) is 2. The Hall–Kier alpha value is -1.49. The van der Waals surface area contributed by atoms with Gasteiger partial charge in [-0.05, 0) is 55.0 Å². The molecular formula is C16H20F2N2O. The van der Waals surface area contributed by atoms with Crippen molar-refractivity contribution in [3.8, 4) is 0 Å². The van der Waals surface area contributed by atoms with Crippen LogP contribution in [0.2, 0.25) is 0 Å². The van der Waals surface area contributed by atoms with Gasteiger partial charge in [0.05, 0.1) is 0 Å². The van der Waals surface area contributed by atoms with Gasteiger partial charge in [0, 0.05) is 18.5 Å². The van der Waals surface area contributed by atoms with Crippen molar-refractivity contribution in [1.29, 1.82) is 0 Å². The Labute approximate surface area is 123 Å². The number of rotatable bonds is 3. The highest BCUT2D eigenvalue weighted by atomic mass is 19.1. The van der Waals surface area contributed by atoms with E-state index >= 15 is 0 Å². The van der Waals surface area contributed by atoms with Crippen molar-refractivity contribution in [1.82, 2.24) is 10.6 Å². The summed E-state index contributed by atoms with van der Waals surface area (Å²) in [5.74, 6) is -0.891. The third-order valence-corrected chi connectivity index (χ3v) is 4.64. The maximum atomic E-state index is 13.7. The molecular weight excluding hydrogens is 274 g/mol.